The Morgan fingerprint density at radius 1 is 1.16 bits per heavy atom. The summed E-state index contributed by atoms with van der Waals surface area (Å²) in [5.41, 5.74) is 4.09. The topological polar surface area (TPSA) is 128 Å². The molecule has 2 aromatic heterocycles. The van der Waals surface area contributed by atoms with Crippen molar-refractivity contribution in [3.8, 4) is 11.4 Å². The summed E-state index contributed by atoms with van der Waals surface area (Å²) in [6.45, 7) is 0.186. The Hall–Kier alpha value is -4.08. The summed E-state index contributed by atoms with van der Waals surface area (Å²) < 4.78 is 10.5. The minimum absolute atomic E-state index is 0.152. The van der Waals surface area contributed by atoms with Crippen molar-refractivity contribution >= 4 is 23.5 Å². The summed E-state index contributed by atoms with van der Waals surface area (Å²) in [6.07, 6.45) is 4.63. The molecule has 1 aromatic carbocycles. The molecule has 0 saturated carbocycles. The third-order valence-electron chi connectivity index (χ3n) is 4.57. The number of hydrazine groups is 1. The van der Waals surface area contributed by atoms with Gasteiger partial charge >= 0.3 is 5.97 Å². The number of esters is 1. The lowest BCUT2D eigenvalue weighted by Crippen LogP contribution is -2.50. The molecule has 1 N–H and O–H groups in total. The first-order valence-corrected chi connectivity index (χ1v) is 9.73. The molecule has 2 amide bonds. The van der Waals surface area contributed by atoms with E-state index in [2.05, 4.69) is 20.6 Å². The average molecular weight is 421 g/mol. The van der Waals surface area contributed by atoms with Gasteiger partial charge in [0, 0.05) is 37.2 Å². The van der Waals surface area contributed by atoms with Crippen LogP contribution >= 0.6 is 0 Å². The lowest BCUT2D eigenvalue weighted by Gasteiger charge is -2.27. The van der Waals surface area contributed by atoms with Gasteiger partial charge in [-0.05, 0) is 42.8 Å². The Balaban J connectivity index is 1.25. The summed E-state index contributed by atoms with van der Waals surface area (Å²) >= 11 is 0. The lowest BCUT2D eigenvalue weighted by molar-refractivity contribution is -0.130. The van der Waals surface area contributed by atoms with E-state index in [9.17, 15) is 14.4 Å². The number of anilines is 1. The first kappa shape index (κ1) is 20.2. The molecule has 0 unspecified atom stereocenters. The van der Waals surface area contributed by atoms with Crippen molar-refractivity contribution in [2.75, 3.05) is 11.6 Å². The van der Waals surface area contributed by atoms with Crippen LogP contribution in [0.3, 0.4) is 0 Å². The van der Waals surface area contributed by atoms with E-state index in [1.807, 2.05) is 6.07 Å². The van der Waals surface area contributed by atoms with Crippen molar-refractivity contribution in [3.05, 3.63) is 60.2 Å². The maximum Gasteiger partial charge on any atom is 0.338 e. The summed E-state index contributed by atoms with van der Waals surface area (Å²) in [4.78, 5) is 44.0. The standard InChI is InChI=1S/C21H19N5O5/c27-17-9-10-19(28)26(24-17)16-7-5-14(6-8-16)21(29)30-12-2-4-18-23-20(25-31-18)15-3-1-11-22-13-15/h1,3,5-8,11,13H,2,4,9-10,12H2,(H,24,27). The molecular formula is C21H19N5O5. The minimum atomic E-state index is -0.484. The smallest absolute Gasteiger partial charge is 0.338 e. The zero-order chi connectivity index (χ0) is 21.6. The van der Waals surface area contributed by atoms with Gasteiger partial charge < -0.3 is 9.26 Å². The second-order valence-electron chi connectivity index (χ2n) is 6.80. The van der Waals surface area contributed by atoms with Gasteiger partial charge in [0.15, 0.2) is 0 Å². The first-order valence-electron chi connectivity index (χ1n) is 9.73. The monoisotopic (exact) mass is 421 g/mol. The number of pyridine rings is 1. The number of nitrogens with zero attached hydrogens (tertiary/aromatic N) is 4. The third-order valence-corrected chi connectivity index (χ3v) is 4.57. The fourth-order valence-electron chi connectivity index (χ4n) is 2.97. The van der Waals surface area contributed by atoms with Crippen molar-refractivity contribution in [3.63, 3.8) is 0 Å². The fraction of sp³-hybridized carbons (Fsp3) is 0.238. The molecule has 31 heavy (non-hydrogen) atoms. The Morgan fingerprint density at radius 3 is 2.77 bits per heavy atom. The molecule has 0 spiro atoms. The maximum absolute atomic E-state index is 12.2. The number of amides is 2. The molecular weight excluding hydrogens is 402 g/mol. The molecule has 1 fully saturated rings. The molecule has 10 heteroatoms. The number of aryl methyl sites for hydroxylation is 1. The van der Waals surface area contributed by atoms with Gasteiger partial charge in [-0.25, -0.2) is 9.80 Å². The number of rotatable bonds is 7. The number of benzene rings is 1. The van der Waals surface area contributed by atoms with Gasteiger partial charge in [0.1, 0.15) is 0 Å². The van der Waals surface area contributed by atoms with Gasteiger partial charge in [0.25, 0.3) is 0 Å². The van der Waals surface area contributed by atoms with Crippen LogP contribution in [0, 0.1) is 0 Å². The highest BCUT2D eigenvalue weighted by Gasteiger charge is 2.24. The number of carbonyl (C=O) groups is 3. The molecule has 10 nitrogen and oxygen atoms in total. The average Bonchev–Trinajstić information content (AvgIpc) is 3.28. The van der Waals surface area contributed by atoms with E-state index < -0.39 is 5.97 Å². The largest absolute Gasteiger partial charge is 0.462 e. The fourth-order valence-corrected chi connectivity index (χ4v) is 2.97. The van der Waals surface area contributed by atoms with Crippen LogP contribution in [0.5, 0.6) is 0 Å². The summed E-state index contributed by atoms with van der Waals surface area (Å²) in [5.74, 6) is -0.00211. The highest BCUT2D eigenvalue weighted by molar-refractivity contribution is 6.01. The van der Waals surface area contributed by atoms with E-state index in [1.54, 1.807) is 42.7 Å². The SMILES string of the molecule is O=C1CCC(=O)N(c2ccc(C(=O)OCCCc3nc(-c4cccnc4)no3)cc2)N1. The van der Waals surface area contributed by atoms with E-state index >= 15 is 0 Å². The summed E-state index contributed by atoms with van der Waals surface area (Å²) in [7, 11) is 0. The normalized spacial score (nSPS) is 13.7. The summed E-state index contributed by atoms with van der Waals surface area (Å²) in [5, 5.41) is 5.10. The van der Waals surface area contributed by atoms with Gasteiger partial charge in [0.2, 0.25) is 23.5 Å². The zero-order valence-electron chi connectivity index (χ0n) is 16.5. The predicted octanol–water partition coefficient (Wildman–Crippen LogP) is 2.08. The Kier molecular flexibility index (Phi) is 5.97. The number of hydrogen-bond donors (Lipinski definition) is 1. The van der Waals surface area contributed by atoms with E-state index in [4.69, 9.17) is 9.26 Å². The van der Waals surface area contributed by atoms with E-state index in [0.29, 0.717) is 35.8 Å². The molecule has 0 radical (unpaired) electrons. The Morgan fingerprint density at radius 2 is 2.00 bits per heavy atom. The van der Waals surface area contributed by atoms with E-state index in [-0.39, 0.29) is 31.3 Å². The molecule has 1 aliphatic heterocycles. The number of hydrogen-bond acceptors (Lipinski definition) is 8. The van der Waals surface area contributed by atoms with Crippen molar-refractivity contribution in [1.29, 1.82) is 0 Å². The zero-order valence-corrected chi connectivity index (χ0v) is 16.5. The van der Waals surface area contributed by atoms with Crippen molar-refractivity contribution in [2.45, 2.75) is 25.7 Å². The highest BCUT2D eigenvalue weighted by atomic mass is 16.5. The van der Waals surface area contributed by atoms with Crippen LogP contribution in [0.15, 0.2) is 53.3 Å². The molecule has 3 aromatic rings. The Labute approximate surface area is 177 Å². The number of nitrogens with one attached hydrogen (secondary N) is 1. The quantitative estimate of drug-likeness (QED) is 0.454. The van der Waals surface area contributed by atoms with Gasteiger partial charge in [-0.2, -0.15) is 4.98 Å². The van der Waals surface area contributed by atoms with Crippen molar-refractivity contribution in [1.82, 2.24) is 20.6 Å². The molecule has 0 atom stereocenters. The molecule has 0 aliphatic carbocycles. The molecule has 1 saturated heterocycles. The molecule has 158 valence electrons. The van der Waals surface area contributed by atoms with Crippen LogP contribution in [-0.4, -0.2) is 39.5 Å². The van der Waals surface area contributed by atoms with E-state index in [1.165, 1.54) is 5.01 Å². The van der Waals surface area contributed by atoms with Gasteiger partial charge in [-0.1, -0.05) is 5.16 Å². The molecule has 3 heterocycles. The van der Waals surface area contributed by atoms with Crippen LogP contribution < -0.4 is 10.4 Å². The van der Waals surface area contributed by atoms with Gasteiger partial charge in [0.05, 0.1) is 17.9 Å². The number of carbonyl (C=O) groups excluding carboxylic acids is 3. The summed E-state index contributed by atoms with van der Waals surface area (Å²) in [6, 6.07) is 9.88. The van der Waals surface area contributed by atoms with Crippen LogP contribution in [0.2, 0.25) is 0 Å². The number of aromatic nitrogens is 3. The predicted molar refractivity (Wildman–Crippen MR) is 107 cm³/mol. The van der Waals surface area contributed by atoms with Gasteiger partial charge in [-0.3, -0.25) is 20.0 Å². The van der Waals surface area contributed by atoms with Crippen LogP contribution in [0.25, 0.3) is 11.4 Å². The van der Waals surface area contributed by atoms with Crippen LogP contribution in [0.4, 0.5) is 5.69 Å². The van der Waals surface area contributed by atoms with Crippen LogP contribution in [-0.2, 0) is 20.7 Å². The molecule has 4 rings (SSSR count). The highest BCUT2D eigenvalue weighted by Crippen LogP contribution is 2.18. The lowest BCUT2D eigenvalue weighted by atomic mass is 10.2. The second-order valence-corrected chi connectivity index (χ2v) is 6.80. The Bertz CT molecular complexity index is 1080. The molecule has 1 aliphatic rings. The minimum Gasteiger partial charge on any atom is -0.462 e. The van der Waals surface area contributed by atoms with Crippen LogP contribution in [0.1, 0.15) is 35.5 Å². The molecule has 0 bridgehead atoms. The van der Waals surface area contributed by atoms with Gasteiger partial charge in [-0.15, -0.1) is 0 Å². The van der Waals surface area contributed by atoms with Crippen molar-refractivity contribution in [2.24, 2.45) is 0 Å². The third kappa shape index (κ3) is 4.92. The van der Waals surface area contributed by atoms with E-state index in [0.717, 1.165) is 5.56 Å². The maximum atomic E-state index is 12.2. The number of ether oxygens (including phenoxy) is 1. The second kappa shape index (κ2) is 9.16. The first-order chi connectivity index (χ1) is 15.1. The van der Waals surface area contributed by atoms with Crippen molar-refractivity contribution < 1.29 is 23.6 Å².